The lowest BCUT2D eigenvalue weighted by Gasteiger charge is -2.41. The normalized spacial score (nSPS) is 16.1. The van der Waals surface area contributed by atoms with Crippen molar-refractivity contribution < 1.29 is 9.84 Å². The van der Waals surface area contributed by atoms with Crippen molar-refractivity contribution in [1.29, 1.82) is 5.26 Å². The van der Waals surface area contributed by atoms with Crippen LogP contribution < -0.4 is 14.5 Å². The van der Waals surface area contributed by atoms with E-state index >= 15 is 0 Å². The zero-order chi connectivity index (χ0) is 26.2. The number of hydrogen-bond donors (Lipinski definition) is 1. The maximum absolute atomic E-state index is 10.2. The Balaban J connectivity index is 1.42. The van der Waals surface area contributed by atoms with Gasteiger partial charge >= 0.3 is 0 Å². The number of hydrogen-bond acceptors (Lipinski definition) is 8. The highest BCUT2D eigenvalue weighted by molar-refractivity contribution is 5.99. The molecule has 1 unspecified atom stereocenters. The zero-order valence-corrected chi connectivity index (χ0v) is 21.5. The van der Waals surface area contributed by atoms with Gasteiger partial charge in [-0.3, -0.25) is 9.97 Å². The van der Waals surface area contributed by atoms with E-state index in [2.05, 4.69) is 32.8 Å². The van der Waals surface area contributed by atoms with Gasteiger partial charge in [0.05, 0.1) is 54.2 Å². The molecule has 1 aliphatic heterocycles. The summed E-state index contributed by atoms with van der Waals surface area (Å²) in [6.07, 6.45) is 5.28. The topological polar surface area (TPSA) is 98.4 Å². The summed E-state index contributed by atoms with van der Waals surface area (Å²) in [5, 5.41) is 20.3. The van der Waals surface area contributed by atoms with E-state index in [1.165, 1.54) is 0 Å². The first-order valence-corrected chi connectivity index (χ1v) is 12.3. The van der Waals surface area contributed by atoms with E-state index in [1.54, 1.807) is 33.4 Å². The monoisotopic (exact) mass is 494 g/mol. The van der Waals surface area contributed by atoms with Crippen LogP contribution in [0.5, 0.6) is 5.75 Å². The molecule has 1 N–H and O–H groups in total. The third-order valence-corrected chi connectivity index (χ3v) is 6.89. The molecule has 37 heavy (non-hydrogen) atoms. The highest BCUT2D eigenvalue weighted by atomic mass is 16.5. The first-order valence-electron chi connectivity index (χ1n) is 12.3. The van der Waals surface area contributed by atoms with E-state index in [9.17, 15) is 5.11 Å². The third kappa shape index (κ3) is 4.66. The van der Waals surface area contributed by atoms with E-state index in [-0.39, 0.29) is 6.04 Å². The Kier molecular flexibility index (Phi) is 6.40. The number of methoxy groups -OCH3 is 1. The Bertz CT molecular complexity index is 1460. The van der Waals surface area contributed by atoms with Gasteiger partial charge in [0.25, 0.3) is 0 Å². The number of aliphatic hydroxyl groups is 1. The van der Waals surface area contributed by atoms with E-state index in [1.807, 2.05) is 48.7 Å². The second kappa shape index (κ2) is 9.68. The van der Waals surface area contributed by atoms with E-state index in [0.29, 0.717) is 11.3 Å². The first-order chi connectivity index (χ1) is 17.8. The molecule has 1 aliphatic rings. The number of ether oxygens (including phenoxy) is 1. The van der Waals surface area contributed by atoms with Crippen LogP contribution in [0.1, 0.15) is 32.0 Å². The quantitative estimate of drug-likeness (QED) is 0.433. The molecule has 3 heterocycles. The van der Waals surface area contributed by atoms with Gasteiger partial charge in [-0.1, -0.05) is 24.3 Å². The summed E-state index contributed by atoms with van der Waals surface area (Å²) < 4.78 is 5.95. The maximum Gasteiger partial charge on any atom is 0.153 e. The minimum absolute atomic E-state index is 0.182. The highest BCUT2D eigenvalue weighted by Gasteiger charge is 2.28. The standard InChI is InChI=1S/C29H30N6O2/c1-19-18-34(12-13-35(19)26-17-31-25(16-32-26)29(2,3)36)24-15-33-27-22(6-5-7-23(27)28(24)37-4)21-10-8-20(14-30)9-11-21/h5-11,15-17,19,36H,12-13,18H2,1-4H3. The van der Waals surface area contributed by atoms with Gasteiger partial charge in [0.15, 0.2) is 5.75 Å². The number of nitriles is 1. The number of nitrogens with zero attached hydrogens (tertiary/aromatic N) is 6. The van der Waals surface area contributed by atoms with Gasteiger partial charge in [-0.05, 0) is 44.5 Å². The summed E-state index contributed by atoms with van der Waals surface area (Å²) in [7, 11) is 1.70. The molecule has 0 radical (unpaired) electrons. The van der Waals surface area contributed by atoms with Crippen molar-refractivity contribution in [3.05, 3.63) is 72.3 Å². The number of pyridine rings is 1. The molecule has 0 bridgehead atoms. The van der Waals surface area contributed by atoms with Crippen LogP contribution in [0.15, 0.2) is 61.1 Å². The second-order valence-electron chi connectivity index (χ2n) is 9.87. The molecule has 2 aromatic heterocycles. The summed E-state index contributed by atoms with van der Waals surface area (Å²) >= 11 is 0. The van der Waals surface area contributed by atoms with E-state index in [0.717, 1.165) is 58.9 Å². The lowest BCUT2D eigenvalue weighted by atomic mass is 10.00. The fraction of sp³-hybridized carbons (Fsp3) is 0.310. The van der Waals surface area contributed by atoms with Crippen LogP contribution >= 0.6 is 0 Å². The van der Waals surface area contributed by atoms with Crippen LogP contribution in [0, 0.1) is 11.3 Å². The van der Waals surface area contributed by atoms with Crippen molar-refractivity contribution >= 4 is 22.4 Å². The Hall–Kier alpha value is -4.22. The number of aromatic nitrogens is 3. The minimum atomic E-state index is -1.02. The van der Waals surface area contributed by atoms with E-state index < -0.39 is 5.60 Å². The van der Waals surface area contributed by atoms with Crippen molar-refractivity contribution in [3.8, 4) is 22.9 Å². The molecule has 1 fully saturated rings. The van der Waals surface area contributed by atoms with Crippen LogP contribution in [0.2, 0.25) is 0 Å². The molecule has 1 saturated heterocycles. The van der Waals surface area contributed by atoms with Crippen molar-refractivity contribution in [2.45, 2.75) is 32.4 Å². The minimum Gasteiger partial charge on any atom is -0.494 e. The van der Waals surface area contributed by atoms with Crippen LogP contribution in [0.4, 0.5) is 11.5 Å². The lowest BCUT2D eigenvalue weighted by Crippen LogP contribution is -2.52. The molecular weight excluding hydrogens is 464 g/mol. The molecule has 188 valence electrons. The van der Waals surface area contributed by atoms with Crippen LogP contribution in [0.3, 0.4) is 0 Å². The highest BCUT2D eigenvalue weighted by Crippen LogP contribution is 2.39. The van der Waals surface area contributed by atoms with Gasteiger partial charge in [-0.25, -0.2) is 4.98 Å². The Morgan fingerprint density at radius 3 is 2.43 bits per heavy atom. The first kappa shape index (κ1) is 24.5. The Labute approximate surface area is 216 Å². The van der Waals surface area contributed by atoms with Gasteiger partial charge in [-0.15, -0.1) is 0 Å². The summed E-state index contributed by atoms with van der Waals surface area (Å²) in [4.78, 5) is 18.4. The van der Waals surface area contributed by atoms with Crippen LogP contribution in [0.25, 0.3) is 22.0 Å². The molecule has 1 atom stereocenters. The summed E-state index contributed by atoms with van der Waals surface area (Å²) in [6, 6.07) is 16.0. The van der Waals surface area contributed by atoms with Crippen LogP contribution in [-0.2, 0) is 5.60 Å². The number of benzene rings is 2. The number of anilines is 2. The molecule has 5 rings (SSSR count). The summed E-state index contributed by atoms with van der Waals surface area (Å²) in [5.41, 5.74) is 3.99. The number of fused-ring (bicyclic) bond motifs is 1. The van der Waals surface area contributed by atoms with Gasteiger partial charge in [0.2, 0.25) is 0 Å². The second-order valence-corrected chi connectivity index (χ2v) is 9.87. The number of para-hydroxylation sites is 1. The Morgan fingerprint density at radius 1 is 1.03 bits per heavy atom. The van der Waals surface area contributed by atoms with Crippen molar-refractivity contribution in [1.82, 2.24) is 15.0 Å². The van der Waals surface area contributed by atoms with Crippen LogP contribution in [-0.4, -0.2) is 52.8 Å². The average Bonchev–Trinajstić information content (AvgIpc) is 2.91. The fourth-order valence-corrected chi connectivity index (χ4v) is 4.89. The maximum atomic E-state index is 10.2. The van der Waals surface area contributed by atoms with Crippen molar-refractivity contribution in [3.63, 3.8) is 0 Å². The molecule has 2 aromatic carbocycles. The lowest BCUT2D eigenvalue weighted by molar-refractivity contribution is 0.0734. The number of rotatable bonds is 5. The predicted molar refractivity (Wildman–Crippen MR) is 145 cm³/mol. The van der Waals surface area contributed by atoms with Crippen molar-refractivity contribution in [2.75, 3.05) is 36.5 Å². The summed E-state index contributed by atoms with van der Waals surface area (Å²) in [6.45, 7) is 7.89. The van der Waals surface area contributed by atoms with Gasteiger partial charge < -0.3 is 19.6 Å². The van der Waals surface area contributed by atoms with Gasteiger partial charge in [0, 0.05) is 36.6 Å². The average molecular weight is 495 g/mol. The third-order valence-electron chi connectivity index (χ3n) is 6.89. The fourth-order valence-electron chi connectivity index (χ4n) is 4.89. The smallest absolute Gasteiger partial charge is 0.153 e. The number of piperazine rings is 1. The molecule has 0 saturated carbocycles. The van der Waals surface area contributed by atoms with Gasteiger partial charge in [0.1, 0.15) is 11.4 Å². The SMILES string of the molecule is COc1c(N2CCN(c3cnc(C(C)(C)O)cn3)C(C)C2)cnc2c(-c3ccc(C#N)cc3)cccc12. The molecule has 8 heteroatoms. The van der Waals surface area contributed by atoms with E-state index in [4.69, 9.17) is 15.0 Å². The Morgan fingerprint density at radius 2 is 1.81 bits per heavy atom. The molecule has 8 nitrogen and oxygen atoms in total. The molecule has 0 amide bonds. The molecule has 0 aliphatic carbocycles. The summed E-state index contributed by atoms with van der Waals surface area (Å²) in [5.74, 6) is 1.60. The zero-order valence-electron chi connectivity index (χ0n) is 21.5. The largest absolute Gasteiger partial charge is 0.494 e. The predicted octanol–water partition coefficient (Wildman–Crippen LogP) is 4.51. The van der Waals surface area contributed by atoms with Gasteiger partial charge in [-0.2, -0.15) is 5.26 Å². The molecule has 0 spiro atoms. The van der Waals surface area contributed by atoms with Crippen molar-refractivity contribution in [2.24, 2.45) is 0 Å². The molecular formula is C29H30N6O2. The molecule has 4 aromatic rings.